The van der Waals surface area contributed by atoms with Crippen LogP contribution in [0.5, 0.6) is 0 Å². The van der Waals surface area contributed by atoms with Crippen LogP contribution in [0.3, 0.4) is 0 Å². The minimum absolute atomic E-state index is 0.0521. The number of piperazine rings is 1. The molecular weight excluding hydrogens is 687 g/mol. The van der Waals surface area contributed by atoms with Crippen LogP contribution in [0.4, 0.5) is 29.3 Å². The van der Waals surface area contributed by atoms with Gasteiger partial charge in [-0.25, -0.2) is 4.79 Å². The molecule has 0 radical (unpaired) electrons. The van der Waals surface area contributed by atoms with Crippen LogP contribution in [0.15, 0.2) is 36.4 Å². The number of amides is 2. The van der Waals surface area contributed by atoms with Gasteiger partial charge in [-0.2, -0.15) is 13.2 Å². The predicted octanol–water partition coefficient (Wildman–Crippen LogP) is 6.52. The van der Waals surface area contributed by atoms with Gasteiger partial charge in [-0.3, -0.25) is 19.8 Å². The normalized spacial score (nSPS) is 24.0. The van der Waals surface area contributed by atoms with E-state index in [2.05, 4.69) is 27.5 Å². The highest BCUT2D eigenvalue weighted by atomic mass is 35.5. The molecule has 3 heterocycles. The first-order chi connectivity index (χ1) is 24.3. The fraction of sp³-hybridized carbons (Fsp3) is 0.595. The number of carbonyl (C=O) groups excluding carboxylic acids is 3. The molecule has 0 unspecified atom stereocenters. The van der Waals surface area contributed by atoms with Gasteiger partial charge in [0, 0.05) is 57.7 Å². The van der Waals surface area contributed by atoms with Gasteiger partial charge in [-0.15, -0.1) is 0 Å². The van der Waals surface area contributed by atoms with Gasteiger partial charge < -0.3 is 24.6 Å². The summed E-state index contributed by atoms with van der Waals surface area (Å²) in [5, 5.41) is 5.15. The smallest absolute Gasteiger partial charge is 0.418 e. The number of halogens is 4. The Morgan fingerprint density at radius 1 is 1.06 bits per heavy atom. The van der Waals surface area contributed by atoms with Crippen molar-refractivity contribution < 1.29 is 37.0 Å². The summed E-state index contributed by atoms with van der Waals surface area (Å²) in [6.45, 7) is 4.30. The first-order valence-electron chi connectivity index (χ1n) is 17.9. The number of ether oxygens (including phenoxy) is 2. The Labute approximate surface area is 301 Å². The number of hydrogen-bond acceptors (Lipinski definition) is 8. The van der Waals surface area contributed by atoms with Crippen LogP contribution >= 0.6 is 11.6 Å². The number of nitrogens with zero attached hydrogens (tertiary/aromatic N) is 3. The number of likely N-dealkylation sites (tertiary alicyclic amines) is 1. The molecule has 4 aliphatic rings. The number of benzene rings is 2. The summed E-state index contributed by atoms with van der Waals surface area (Å²) < 4.78 is 53.7. The molecule has 1 atom stereocenters. The van der Waals surface area contributed by atoms with Gasteiger partial charge in [-0.1, -0.05) is 29.8 Å². The molecule has 6 rings (SSSR count). The molecule has 2 aromatic rings. The maximum absolute atomic E-state index is 14.0. The lowest BCUT2D eigenvalue weighted by atomic mass is 9.73. The Kier molecular flexibility index (Phi) is 11.4. The van der Waals surface area contributed by atoms with Gasteiger partial charge in [0.1, 0.15) is 5.60 Å². The summed E-state index contributed by atoms with van der Waals surface area (Å²) >= 11 is 6.28. The van der Waals surface area contributed by atoms with E-state index < -0.39 is 41.4 Å². The number of esters is 1. The van der Waals surface area contributed by atoms with Crippen molar-refractivity contribution in [3.63, 3.8) is 0 Å². The molecule has 3 aliphatic heterocycles. The highest BCUT2D eigenvalue weighted by Gasteiger charge is 2.45. The molecule has 2 amide bonds. The van der Waals surface area contributed by atoms with Crippen molar-refractivity contribution in [3.8, 4) is 0 Å². The minimum atomic E-state index is -4.69. The standard InChI is InChI=1S/C37H47ClF3N5O5/c1-42-33-28(37(39,40)41)21-25(22-29(33)38)23-31(34(48)46-19-17-45(18-20-46)26-11-15-44(2)16-12-26)50-32(47)8-7-24-9-13-36(14-10-24)27-5-3-4-6-30(27)43-35(49)51-36/h3-6,21-22,24,26,31,42H,7-20,23H2,1-2H3,(H,43,49)/t24?,31-,36?/m1/s1. The quantitative estimate of drug-likeness (QED) is 0.281. The van der Waals surface area contributed by atoms with Crippen LogP contribution < -0.4 is 10.6 Å². The molecule has 51 heavy (non-hydrogen) atoms. The van der Waals surface area contributed by atoms with E-state index in [0.717, 1.165) is 56.1 Å². The van der Waals surface area contributed by atoms with E-state index in [9.17, 15) is 27.6 Å². The number of carbonyl (C=O) groups is 3. The summed E-state index contributed by atoms with van der Waals surface area (Å²) in [5.74, 6) is -0.820. The molecule has 1 spiro atoms. The molecule has 278 valence electrons. The molecule has 2 saturated heterocycles. The van der Waals surface area contributed by atoms with E-state index in [4.69, 9.17) is 21.1 Å². The number of rotatable bonds is 9. The SMILES string of the molecule is CNc1c(Cl)cc(C[C@@H](OC(=O)CCC2CCC3(CC2)OC(=O)Nc2ccccc23)C(=O)N2CCN(C3CCN(C)CC3)CC2)cc1C(F)(F)F. The Morgan fingerprint density at radius 2 is 1.75 bits per heavy atom. The van der Waals surface area contributed by atoms with Gasteiger partial charge in [0.25, 0.3) is 5.91 Å². The van der Waals surface area contributed by atoms with Gasteiger partial charge in [0.2, 0.25) is 0 Å². The number of hydrogen-bond donors (Lipinski definition) is 2. The third-order valence-corrected chi connectivity index (χ3v) is 11.4. The molecule has 3 fully saturated rings. The summed E-state index contributed by atoms with van der Waals surface area (Å²) in [5.41, 5.74) is -0.0588. The molecule has 0 bridgehead atoms. The van der Waals surface area contributed by atoms with Crippen molar-refractivity contribution in [2.24, 2.45) is 5.92 Å². The van der Waals surface area contributed by atoms with Crippen molar-refractivity contribution in [2.75, 3.05) is 64.0 Å². The Hall–Kier alpha value is -3.55. The van der Waals surface area contributed by atoms with E-state index in [1.165, 1.54) is 13.1 Å². The zero-order valence-corrected chi connectivity index (χ0v) is 30.0. The first kappa shape index (κ1) is 37.2. The average molecular weight is 734 g/mol. The Balaban J connectivity index is 1.11. The molecule has 1 aliphatic carbocycles. The highest BCUT2D eigenvalue weighted by Crippen LogP contribution is 2.48. The van der Waals surface area contributed by atoms with Gasteiger partial charge >= 0.3 is 18.2 Å². The number of fused-ring (bicyclic) bond motifs is 2. The largest absolute Gasteiger partial charge is 0.452 e. The molecule has 0 aromatic heterocycles. The third kappa shape index (κ3) is 8.58. The van der Waals surface area contributed by atoms with E-state index in [-0.39, 0.29) is 35.0 Å². The molecular formula is C37H47ClF3N5O5. The molecule has 1 saturated carbocycles. The Bertz CT molecular complexity index is 1580. The maximum Gasteiger partial charge on any atom is 0.418 e. The predicted molar refractivity (Wildman–Crippen MR) is 188 cm³/mol. The van der Waals surface area contributed by atoms with Crippen molar-refractivity contribution in [1.29, 1.82) is 0 Å². The average Bonchev–Trinajstić information content (AvgIpc) is 3.10. The number of alkyl halides is 3. The van der Waals surface area contributed by atoms with Crippen molar-refractivity contribution >= 4 is 40.9 Å². The summed E-state index contributed by atoms with van der Waals surface area (Å²) in [6.07, 6.45) is -1.31. The van der Waals surface area contributed by atoms with Gasteiger partial charge in [0.15, 0.2) is 6.10 Å². The number of para-hydroxylation sites is 1. The van der Waals surface area contributed by atoms with Crippen LogP contribution in [0.2, 0.25) is 5.02 Å². The fourth-order valence-electron chi connectivity index (χ4n) is 8.22. The zero-order valence-electron chi connectivity index (χ0n) is 29.2. The number of nitrogens with one attached hydrogen (secondary N) is 2. The van der Waals surface area contributed by atoms with E-state index in [1.54, 1.807) is 4.90 Å². The Morgan fingerprint density at radius 3 is 2.41 bits per heavy atom. The maximum atomic E-state index is 14.0. The first-order valence-corrected chi connectivity index (χ1v) is 18.3. The topological polar surface area (TPSA) is 103 Å². The van der Waals surface area contributed by atoms with Crippen molar-refractivity contribution in [1.82, 2.24) is 14.7 Å². The number of piperidine rings is 1. The fourth-order valence-corrected chi connectivity index (χ4v) is 8.56. The lowest BCUT2D eigenvalue weighted by Gasteiger charge is -2.43. The minimum Gasteiger partial charge on any atom is -0.452 e. The summed E-state index contributed by atoms with van der Waals surface area (Å²) in [6, 6.07) is 10.4. The zero-order chi connectivity index (χ0) is 36.3. The second-order valence-electron chi connectivity index (χ2n) is 14.4. The third-order valence-electron chi connectivity index (χ3n) is 11.1. The monoisotopic (exact) mass is 733 g/mol. The van der Waals surface area contributed by atoms with Crippen LogP contribution in [-0.4, -0.2) is 98.2 Å². The van der Waals surface area contributed by atoms with E-state index in [1.807, 2.05) is 24.3 Å². The van der Waals surface area contributed by atoms with Crippen LogP contribution in [-0.2, 0) is 37.3 Å². The molecule has 10 nitrogen and oxygen atoms in total. The summed E-state index contributed by atoms with van der Waals surface area (Å²) in [4.78, 5) is 46.0. The highest BCUT2D eigenvalue weighted by molar-refractivity contribution is 6.33. The van der Waals surface area contributed by atoms with Crippen LogP contribution in [0, 0.1) is 5.92 Å². The molecule has 14 heteroatoms. The van der Waals surface area contributed by atoms with Gasteiger partial charge in [-0.05, 0) is 94.8 Å². The molecule has 2 aromatic carbocycles. The molecule has 2 N–H and O–H groups in total. The number of anilines is 2. The van der Waals surface area contributed by atoms with E-state index in [0.29, 0.717) is 51.5 Å². The van der Waals surface area contributed by atoms with Crippen LogP contribution in [0.25, 0.3) is 0 Å². The second kappa shape index (κ2) is 15.6. The van der Waals surface area contributed by atoms with Crippen LogP contribution in [0.1, 0.15) is 68.1 Å². The lowest BCUT2D eigenvalue weighted by Crippen LogP contribution is -2.56. The van der Waals surface area contributed by atoms with Crippen molar-refractivity contribution in [3.05, 3.63) is 58.1 Å². The van der Waals surface area contributed by atoms with Crippen molar-refractivity contribution in [2.45, 2.75) is 81.7 Å². The van der Waals surface area contributed by atoms with Gasteiger partial charge in [0.05, 0.1) is 22.0 Å². The summed E-state index contributed by atoms with van der Waals surface area (Å²) in [7, 11) is 3.47. The lowest BCUT2D eigenvalue weighted by molar-refractivity contribution is -0.161. The van der Waals surface area contributed by atoms with E-state index >= 15 is 0 Å². The second-order valence-corrected chi connectivity index (χ2v) is 14.8.